The molecule has 0 unspecified atom stereocenters. The molecule has 0 amide bonds. The van der Waals surface area contributed by atoms with E-state index in [1.807, 2.05) is 24.3 Å². The molecule has 0 radical (unpaired) electrons. The fourth-order valence-electron chi connectivity index (χ4n) is 0.804. The van der Waals surface area contributed by atoms with Crippen molar-refractivity contribution in [2.75, 3.05) is 0 Å². The highest BCUT2D eigenvalue weighted by molar-refractivity contribution is 14.0. The van der Waals surface area contributed by atoms with Gasteiger partial charge in [0.15, 0.2) is 0 Å². The highest BCUT2D eigenvalue weighted by Gasteiger charge is 1.90. The summed E-state index contributed by atoms with van der Waals surface area (Å²) in [6, 6.07) is 7.74. The van der Waals surface area contributed by atoms with Crippen molar-refractivity contribution in [1.82, 2.24) is 0 Å². The average Bonchev–Trinajstić information content (AvgIpc) is 2.04. The van der Waals surface area contributed by atoms with E-state index in [0.717, 1.165) is 11.3 Å². The molecule has 1 aromatic rings. The summed E-state index contributed by atoms with van der Waals surface area (Å²) >= 11 is 0. The number of nitrogens with zero attached hydrogens (tertiary/aromatic N) is 1. The Balaban J connectivity index is 0. The first-order valence-corrected chi connectivity index (χ1v) is 3.06. The lowest BCUT2D eigenvalue weighted by molar-refractivity contribution is 1.53. The number of aliphatic imine (C=N–C) groups is 1. The van der Waals surface area contributed by atoms with E-state index in [1.54, 1.807) is 6.08 Å². The van der Waals surface area contributed by atoms with Crippen LogP contribution in [0.25, 0.3) is 6.08 Å². The minimum atomic E-state index is 0. The third kappa shape index (κ3) is 3.17. The zero-order chi connectivity index (χ0) is 7.40. The molecule has 0 aliphatic heterocycles. The fourth-order valence-corrected chi connectivity index (χ4v) is 0.804. The largest absolute Gasteiger partial charge is 0.264 e. The second kappa shape index (κ2) is 7.03. The van der Waals surface area contributed by atoms with E-state index < -0.39 is 0 Å². The molecule has 1 nitrogen and oxygen atoms in total. The fraction of sp³-hybridized carbons (Fsp3) is 0.100. The first-order chi connectivity index (χ1) is 4.88. The minimum Gasteiger partial charge on any atom is -0.264 e. The Morgan fingerprint density at radius 3 is 2.25 bits per heavy atom. The van der Waals surface area contributed by atoms with Gasteiger partial charge >= 0.3 is 0 Å². The highest BCUT2D eigenvalue weighted by atomic mass is 127. The van der Waals surface area contributed by atoms with E-state index >= 15 is 0 Å². The molecule has 1 aromatic carbocycles. The van der Waals surface area contributed by atoms with Crippen molar-refractivity contribution in [3.63, 3.8) is 0 Å². The Hall–Kier alpha value is -0.640. The molecule has 0 aliphatic rings. The van der Waals surface area contributed by atoms with Crippen LogP contribution in [0.4, 0.5) is 5.69 Å². The van der Waals surface area contributed by atoms with Gasteiger partial charge in [0.25, 0.3) is 0 Å². The summed E-state index contributed by atoms with van der Waals surface area (Å²) in [5.74, 6) is 0. The van der Waals surface area contributed by atoms with Crippen LogP contribution in [0.3, 0.4) is 0 Å². The predicted octanol–water partition coefficient (Wildman–Crippen LogP) is 3.92. The molecule has 0 aromatic heterocycles. The zero-order valence-electron chi connectivity index (χ0n) is 6.16. The normalized spacial score (nSPS) is 7.33. The molecule has 2 heteroatoms. The lowest BCUT2D eigenvalue weighted by Gasteiger charge is -1.95. The van der Waals surface area contributed by atoms with Crippen LogP contribution in [-0.2, 0) is 0 Å². The maximum Gasteiger partial charge on any atom is 0.0694 e. The summed E-state index contributed by atoms with van der Waals surface area (Å²) in [5, 5.41) is 0. The Morgan fingerprint density at radius 2 is 1.83 bits per heavy atom. The molecule has 0 saturated heterocycles. The Labute approximate surface area is 91.2 Å². The lowest BCUT2D eigenvalue weighted by Crippen LogP contribution is -1.70. The Bertz CT molecular complexity index is 229. The topological polar surface area (TPSA) is 12.4 Å². The molecule has 0 N–H and O–H groups in total. The lowest BCUT2D eigenvalue weighted by atomic mass is 10.2. The number of halogens is 1. The molecular weight excluding hydrogens is 261 g/mol. The first-order valence-electron chi connectivity index (χ1n) is 3.06. The van der Waals surface area contributed by atoms with Gasteiger partial charge in [-0.15, -0.1) is 24.0 Å². The maximum absolute atomic E-state index is 3.82. The van der Waals surface area contributed by atoms with Crippen molar-refractivity contribution in [3.8, 4) is 0 Å². The summed E-state index contributed by atoms with van der Waals surface area (Å²) in [6.45, 7) is 7.09. The van der Waals surface area contributed by atoms with E-state index in [-0.39, 0.29) is 31.4 Å². The van der Waals surface area contributed by atoms with Crippen molar-refractivity contribution >= 4 is 42.5 Å². The van der Waals surface area contributed by atoms with Gasteiger partial charge in [-0.2, -0.15) is 0 Å². The van der Waals surface area contributed by atoms with Crippen molar-refractivity contribution in [2.24, 2.45) is 4.99 Å². The van der Waals surface area contributed by atoms with Gasteiger partial charge in [0.1, 0.15) is 0 Å². The predicted molar refractivity (Wildman–Crippen MR) is 67.9 cm³/mol. The third-order valence-corrected chi connectivity index (χ3v) is 1.33. The van der Waals surface area contributed by atoms with E-state index in [1.165, 1.54) is 0 Å². The molecule has 12 heavy (non-hydrogen) atoms. The van der Waals surface area contributed by atoms with E-state index in [4.69, 9.17) is 0 Å². The average molecular weight is 275 g/mol. The molecule has 0 fully saturated rings. The summed E-state index contributed by atoms with van der Waals surface area (Å²) in [5.41, 5.74) is 1.91. The number of para-hydroxylation sites is 1. The summed E-state index contributed by atoms with van der Waals surface area (Å²) in [7, 11) is 0. The quantitative estimate of drug-likeness (QED) is 0.573. The molecule has 0 atom stereocenters. The number of hydrogen-bond acceptors (Lipinski definition) is 1. The van der Waals surface area contributed by atoms with Gasteiger partial charge in [-0.3, -0.25) is 4.99 Å². The summed E-state index contributed by atoms with van der Waals surface area (Å²) < 4.78 is 0. The van der Waals surface area contributed by atoms with Gasteiger partial charge < -0.3 is 0 Å². The monoisotopic (exact) mass is 275 g/mol. The molecule has 66 valence electrons. The summed E-state index contributed by atoms with van der Waals surface area (Å²) in [6.07, 6.45) is 1.77. The van der Waals surface area contributed by atoms with Gasteiger partial charge in [-0.1, -0.05) is 38.3 Å². The van der Waals surface area contributed by atoms with Crippen LogP contribution in [-0.4, -0.2) is 6.72 Å². The number of rotatable bonds is 2. The Morgan fingerprint density at radius 1 is 1.25 bits per heavy atom. The number of hydrogen-bond donors (Lipinski definition) is 0. The second-order valence-corrected chi connectivity index (χ2v) is 1.92. The van der Waals surface area contributed by atoms with Crippen LogP contribution in [0.2, 0.25) is 0 Å². The first kappa shape index (κ1) is 13.9. The van der Waals surface area contributed by atoms with Crippen LogP contribution in [0, 0.1) is 0 Å². The molecule has 0 heterocycles. The van der Waals surface area contributed by atoms with Crippen LogP contribution >= 0.6 is 24.0 Å². The molecule has 0 aliphatic carbocycles. The van der Waals surface area contributed by atoms with Crippen molar-refractivity contribution in [3.05, 3.63) is 36.4 Å². The van der Waals surface area contributed by atoms with E-state index in [9.17, 15) is 0 Å². The van der Waals surface area contributed by atoms with Crippen LogP contribution < -0.4 is 0 Å². The smallest absolute Gasteiger partial charge is 0.0694 e. The number of benzene rings is 1. The SMILES string of the molecule is C.C=Cc1ccccc1N=C.I. The molecule has 0 bridgehead atoms. The van der Waals surface area contributed by atoms with Gasteiger partial charge in [0.05, 0.1) is 5.69 Å². The van der Waals surface area contributed by atoms with Gasteiger partial charge in [0, 0.05) is 0 Å². The maximum atomic E-state index is 3.82. The van der Waals surface area contributed by atoms with Crippen LogP contribution in [0.15, 0.2) is 35.8 Å². The minimum absolute atomic E-state index is 0. The van der Waals surface area contributed by atoms with E-state index in [0.29, 0.717) is 0 Å². The van der Waals surface area contributed by atoms with Gasteiger partial charge in [0.2, 0.25) is 0 Å². The molecule has 1 rings (SSSR count). The van der Waals surface area contributed by atoms with Crippen LogP contribution in [0.5, 0.6) is 0 Å². The molecular formula is C10H14IN. The van der Waals surface area contributed by atoms with Crippen LogP contribution in [0.1, 0.15) is 13.0 Å². The third-order valence-electron chi connectivity index (χ3n) is 1.33. The Kier molecular flexibility index (Phi) is 8.16. The van der Waals surface area contributed by atoms with Crippen molar-refractivity contribution in [1.29, 1.82) is 0 Å². The standard InChI is InChI=1S/C9H9N.CH4.HI/c1-3-8-6-4-5-7-9(8)10-2;;/h3-7H,1-2H2;1H4;1H. The van der Waals surface area contributed by atoms with Crippen molar-refractivity contribution in [2.45, 2.75) is 7.43 Å². The second-order valence-electron chi connectivity index (χ2n) is 1.92. The highest BCUT2D eigenvalue weighted by Crippen LogP contribution is 2.17. The van der Waals surface area contributed by atoms with Crippen molar-refractivity contribution < 1.29 is 0 Å². The molecule has 0 saturated carbocycles. The van der Waals surface area contributed by atoms with Gasteiger partial charge in [-0.05, 0) is 18.3 Å². The molecule has 0 spiro atoms. The zero-order valence-corrected chi connectivity index (χ0v) is 8.49. The summed E-state index contributed by atoms with van der Waals surface area (Å²) in [4.78, 5) is 3.82. The van der Waals surface area contributed by atoms with Gasteiger partial charge in [-0.25, -0.2) is 0 Å². The van der Waals surface area contributed by atoms with E-state index in [2.05, 4.69) is 18.3 Å².